The first-order valence-corrected chi connectivity index (χ1v) is 5.83. The molecule has 88 valence electrons. The molecular weight excluding hydrogens is 188 g/mol. The molecule has 0 saturated carbocycles. The summed E-state index contributed by atoms with van der Waals surface area (Å²) >= 11 is 0. The normalized spacial score (nSPS) is 14.9. The van der Waals surface area contributed by atoms with E-state index in [4.69, 9.17) is 10.00 Å². The van der Waals surface area contributed by atoms with E-state index in [-0.39, 0.29) is 6.04 Å². The van der Waals surface area contributed by atoms with E-state index in [2.05, 4.69) is 25.2 Å². The highest BCUT2D eigenvalue weighted by molar-refractivity contribution is 4.90. The van der Waals surface area contributed by atoms with Gasteiger partial charge in [-0.15, -0.1) is 0 Å². The minimum Gasteiger partial charge on any atom is -0.378 e. The predicted molar refractivity (Wildman–Crippen MR) is 62.6 cm³/mol. The molecule has 0 aromatic heterocycles. The smallest absolute Gasteiger partial charge is 0.119 e. The Morgan fingerprint density at radius 1 is 1.27 bits per heavy atom. The molecule has 2 unspecified atom stereocenters. The third-order valence-electron chi connectivity index (χ3n) is 2.16. The van der Waals surface area contributed by atoms with Gasteiger partial charge in [0.2, 0.25) is 0 Å². The van der Waals surface area contributed by atoms with Gasteiger partial charge in [-0.2, -0.15) is 5.26 Å². The zero-order chi connectivity index (χ0) is 11.7. The average molecular weight is 212 g/mol. The van der Waals surface area contributed by atoms with Gasteiger partial charge < -0.3 is 4.74 Å². The zero-order valence-corrected chi connectivity index (χ0v) is 10.4. The summed E-state index contributed by atoms with van der Waals surface area (Å²) in [6.45, 7) is 9.66. The van der Waals surface area contributed by atoms with E-state index < -0.39 is 0 Å². The first-order chi connectivity index (χ1) is 7.10. The van der Waals surface area contributed by atoms with Gasteiger partial charge in [0.25, 0.3) is 0 Å². The SMILES string of the molecule is CCCC(C)COCC(C#N)NC(C)C. The van der Waals surface area contributed by atoms with Crippen LogP contribution in [0.5, 0.6) is 0 Å². The number of hydrogen-bond donors (Lipinski definition) is 1. The van der Waals surface area contributed by atoms with Crippen LogP contribution in [0.25, 0.3) is 0 Å². The molecule has 15 heavy (non-hydrogen) atoms. The lowest BCUT2D eigenvalue weighted by molar-refractivity contribution is 0.0915. The molecule has 1 N–H and O–H groups in total. The molecule has 3 nitrogen and oxygen atoms in total. The first kappa shape index (κ1) is 14.4. The van der Waals surface area contributed by atoms with E-state index in [1.807, 2.05) is 13.8 Å². The Kier molecular flexibility index (Phi) is 8.35. The van der Waals surface area contributed by atoms with Gasteiger partial charge in [0.05, 0.1) is 12.7 Å². The topological polar surface area (TPSA) is 45.0 Å². The Bertz CT molecular complexity index is 187. The van der Waals surface area contributed by atoms with Crippen molar-refractivity contribution in [3.8, 4) is 6.07 Å². The van der Waals surface area contributed by atoms with Gasteiger partial charge in [-0.25, -0.2) is 0 Å². The lowest BCUT2D eigenvalue weighted by atomic mass is 10.1. The fraction of sp³-hybridized carbons (Fsp3) is 0.917. The van der Waals surface area contributed by atoms with Crippen molar-refractivity contribution in [2.45, 2.75) is 52.6 Å². The molecule has 0 aromatic carbocycles. The van der Waals surface area contributed by atoms with E-state index in [9.17, 15) is 0 Å². The molecule has 0 saturated heterocycles. The van der Waals surface area contributed by atoms with Gasteiger partial charge >= 0.3 is 0 Å². The van der Waals surface area contributed by atoms with E-state index in [1.54, 1.807) is 0 Å². The molecular formula is C12H24N2O. The predicted octanol–water partition coefficient (Wildman–Crippen LogP) is 2.33. The number of rotatable bonds is 8. The van der Waals surface area contributed by atoms with Crippen LogP contribution in [0.4, 0.5) is 0 Å². The third kappa shape index (κ3) is 8.41. The molecule has 0 heterocycles. The highest BCUT2D eigenvalue weighted by Gasteiger charge is 2.09. The molecule has 0 aliphatic carbocycles. The van der Waals surface area contributed by atoms with Crippen molar-refractivity contribution in [2.24, 2.45) is 5.92 Å². The van der Waals surface area contributed by atoms with Crippen LogP contribution >= 0.6 is 0 Å². The van der Waals surface area contributed by atoms with Crippen molar-refractivity contribution in [2.75, 3.05) is 13.2 Å². The van der Waals surface area contributed by atoms with Gasteiger partial charge in [-0.1, -0.05) is 20.3 Å². The van der Waals surface area contributed by atoms with E-state index in [0.29, 0.717) is 18.6 Å². The minimum absolute atomic E-state index is 0.182. The summed E-state index contributed by atoms with van der Waals surface area (Å²) in [6.07, 6.45) is 2.38. The second-order valence-electron chi connectivity index (χ2n) is 4.43. The Hall–Kier alpha value is -0.590. The van der Waals surface area contributed by atoms with Gasteiger partial charge in [-0.3, -0.25) is 5.32 Å². The zero-order valence-electron chi connectivity index (χ0n) is 10.4. The standard InChI is InChI=1S/C12H24N2O/c1-5-6-11(4)8-15-9-12(7-13)14-10(2)3/h10-12,14H,5-6,8-9H2,1-4H3. The van der Waals surface area contributed by atoms with Crippen molar-refractivity contribution in [1.82, 2.24) is 5.32 Å². The quantitative estimate of drug-likeness (QED) is 0.671. The maximum atomic E-state index is 8.85. The monoisotopic (exact) mass is 212 g/mol. The fourth-order valence-corrected chi connectivity index (χ4v) is 1.49. The van der Waals surface area contributed by atoms with E-state index >= 15 is 0 Å². The van der Waals surface area contributed by atoms with Crippen LogP contribution in [-0.4, -0.2) is 25.3 Å². The maximum Gasteiger partial charge on any atom is 0.119 e. The highest BCUT2D eigenvalue weighted by atomic mass is 16.5. The number of nitriles is 1. The van der Waals surface area contributed by atoms with Crippen LogP contribution in [0.2, 0.25) is 0 Å². The Morgan fingerprint density at radius 3 is 2.40 bits per heavy atom. The molecule has 0 spiro atoms. The number of nitrogens with zero attached hydrogens (tertiary/aromatic N) is 1. The van der Waals surface area contributed by atoms with Gasteiger partial charge in [-0.05, 0) is 26.2 Å². The third-order valence-corrected chi connectivity index (χ3v) is 2.16. The molecule has 0 rings (SSSR count). The molecule has 0 fully saturated rings. The Labute approximate surface area is 93.8 Å². The summed E-state index contributed by atoms with van der Waals surface area (Å²) in [6, 6.07) is 2.35. The van der Waals surface area contributed by atoms with E-state index in [1.165, 1.54) is 12.8 Å². The molecule has 0 amide bonds. The minimum atomic E-state index is -0.182. The average Bonchev–Trinajstić information content (AvgIpc) is 2.16. The summed E-state index contributed by atoms with van der Waals surface area (Å²) in [4.78, 5) is 0. The van der Waals surface area contributed by atoms with Gasteiger partial charge in [0.15, 0.2) is 0 Å². The van der Waals surface area contributed by atoms with Crippen LogP contribution in [-0.2, 0) is 4.74 Å². The number of ether oxygens (including phenoxy) is 1. The van der Waals surface area contributed by atoms with Crippen molar-refractivity contribution < 1.29 is 4.74 Å². The second-order valence-corrected chi connectivity index (χ2v) is 4.43. The van der Waals surface area contributed by atoms with Crippen LogP contribution in [0, 0.1) is 17.2 Å². The van der Waals surface area contributed by atoms with Gasteiger partial charge in [0.1, 0.15) is 6.04 Å². The molecule has 3 heteroatoms. The number of nitrogens with one attached hydrogen (secondary N) is 1. The Morgan fingerprint density at radius 2 is 1.93 bits per heavy atom. The molecule has 0 radical (unpaired) electrons. The highest BCUT2D eigenvalue weighted by Crippen LogP contribution is 2.05. The molecule has 0 aliphatic heterocycles. The summed E-state index contributed by atoms with van der Waals surface area (Å²) in [5, 5.41) is 12.0. The molecule has 0 aromatic rings. The lowest BCUT2D eigenvalue weighted by Gasteiger charge is -2.16. The molecule has 2 atom stereocenters. The Balaban J connectivity index is 3.59. The van der Waals surface area contributed by atoms with Crippen LogP contribution in [0.15, 0.2) is 0 Å². The van der Waals surface area contributed by atoms with Crippen LogP contribution < -0.4 is 5.32 Å². The summed E-state index contributed by atoms with van der Waals surface area (Å²) < 4.78 is 5.52. The van der Waals surface area contributed by atoms with Crippen LogP contribution in [0.1, 0.15) is 40.5 Å². The lowest BCUT2D eigenvalue weighted by Crippen LogP contribution is -2.37. The summed E-state index contributed by atoms with van der Waals surface area (Å²) in [5.74, 6) is 0.591. The second kappa shape index (κ2) is 8.70. The van der Waals surface area contributed by atoms with Crippen molar-refractivity contribution in [3.05, 3.63) is 0 Å². The maximum absolute atomic E-state index is 8.85. The summed E-state index contributed by atoms with van der Waals surface area (Å²) in [5.41, 5.74) is 0. The molecule has 0 bridgehead atoms. The van der Waals surface area contributed by atoms with Crippen molar-refractivity contribution in [1.29, 1.82) is 5.26 Å². The van der Waals surface area contributed by atoms with Gasteiger partial charge in [0, 0.05) is 12.6 Å². The fourth-order valence-electron chi connectivity index (χ4n) is 1.49. The van der Waals surface area contributed by atoms with Crippen LogP contribution in [0.3, 0.4) is 0 Å². The van der Waals surface area contributed by atoms with Crippen molar-refractivity contribution >= 4 is 0 Å². The first-order valence-electron chi connectivity index (χ1n) is 5.83. The van der Waals surface area contributed by atoms with E-state index in [0.717, 1.165) is 6.61 Å². The largest absolute Gasteiger partial charge is 0.378 e. The molecule has 0 aliphatic rings. The number of hydrogen-bond acceptors (Lipinski definition) is 3. The van der Waals surface area contributed by atoms with Crippen molar-refractivity contribution in [3.63, 3.8) is 0 Å². The summed E-state index contributed by atoms with van der Waals surface area (Å²) in [7, 11) is 0.